The van der Waals surface area contributed by atoms with Crippen molar-refractivity contribution in [2.24, 2.45) is 11.8 Å². The van der Waals surface area contributed by atoms with Crippen LogP contribution in [0, 0.1) is 11.8 Å². The Hall–Kier alpha value is -3.20. The Kier molecular flexibility index (Phi) is 11.4. The highest BCUT2D eigenvalue weighted by Gasteiger charge is 2.52. The second kappa shape index (κ2) is 15.4. The maximum atomic E-state index is 11.1. The molecular formula is C34H46O17. The molecule has 0 radical (unpaired) electrons. The number of aliphatic hydroxyl groups excluding tert-OH is 6. The minimum absolute atomic E-state index is 0.0231. The predicted molar refractivity (Wildman–Crippen MR) is 171 cm³/mol. The monoisotopic (exact) mass is 726 g/mol. The lowest BCUT2D eigenvalue weighted by Gasteiger charge is -2.45. The molecule has 0 saturated carbocycles. The van der Waals surface area contributed by atoms with Crippen LogP contribution in [0.15, 0.2) is 24.3 Å². The summed E-state index contributed by atoms with van der Waals surface area (Å²) in [5, 5.41) is 73.0. The second-order valence-electron chi connectivity index (χ2n) is 13.0. The van der Waals surface area contributed by atoms with Crippen molar-refractivity contribution >= 4 is 0 Å². The number of hydrogen-bond acceptors (Lipinski definition) is 17. The average Bonchev–Trinajstić information content (AvgIpc) is 3.75. The Balaban J connectivity index is 1.26. The molecule has 4 saturated heterocycles. The van der Waals surface area contributed by atoms with Crippen LogP contribution >= 0.6 is 0 Å². The highest BCUT2D eigenvalue weighted by atomic mass is 16.8. The molecule has 0 amide bonds. The van der Waals surface area contributed by atoms with E-state index < -0.39 is 74.1 Å². The van der Waals surface area contributed by atoms with Crippen molar-refractivity contribution in [3.8, 4) is 34.5 Å². The third kappa shape index (κ3) is 6.89. The fourth-order valence-corrected chi connectivity index (χ4v) is 7.19. The molecule has 2 aromatic carbocycles. The van der Waals surface area contributed by atoms with Crippen molar-refractivity contribution in [3.63, 3.8) is 0 Å². The normalized spacial score (nSPS) is 37.9. The summed E-state index contributed by atoms with van der Waals surface area (Å²) in [6.45, 7) is 1.51. The number of hydrogen-bond donors (Lipinski definition) is 7. The van der Waals surface area contributed by atoms with Crippen LogP contribution < -0.4 is 23.7 Å². The minimum atomic E-state index is -1.73. The Bertz CT molecular complexity index is 1460. The van der Waals surface area contributed by atoms with Gasteiger partial charge < -0.3 is 83.1 Å². The SMILES string of the molecule is COc1cc([C@@H]2OC[C@H]3[C@@H]2CO[C@@H]3c2cc(OC)c(O[C@@H]3O[C@H](CO)[C@@H](O)[C@H](O)[C@H]3O[C@@H]3O[C@@H](C)[C@H](O)[C@@H](O)[C@H]3O)c(OC)c2)cc(OC)c1O. The molecule has 2 aromatic rings. The van der Waals surface area contributed by atoms with Gasteiger partial charge in [0, 0.05) is 11.8 Å². The number of phenols is 1. The van der Waals surface area contributed by atoms with Gasteiger partial charge in [-0.25, -0.2) is 0 Å². The fourth-order valence-electron chi connectivity index (χ4n) is 7.19. The van der Waals surface area contributed by atoms with E-state index in [-0.39, 0.29) is 52.4 Å². The molecule has 17 nitrogen and oxygen atoms in total. The van der Waals surface area contributed by atoms with E-state index in [2.05, 4.69) is 0 Å². The van der Waals surface area contributed by atoms with Crippen LogP contribution in [0.1, 0.15) is 30.3 Å². The third-order valence-electron chi connectivity index (χ3n) is 10.1. The van der Waals surface area contributed by atoms with Gasteiger partial charge in [0.2, 0.25) is 17.8 Å². The Labute approximate surface area is 293 Å². The number of ether oxygens (including phenoxy) is 10. The van der Waals surface area contributed by atoms with Crippen LogP contribution in [0.2, 0.25) is 0 Å². The van der Waals surface area contributed by atoms with E-state index in [9.17, 15) is 35.7 Å². The molecule has 0 spiro atoms. The van der Waals surface area contributed by atoms with Crippen molar-refractivity contribution in [1.82, 2.24) is 0 Å². The number of phenolic OH excluding ortho intramolecular Hbond substituents is 1. The molecule has 0 bridgehead atoms. The van der Waals surface area contributed by atoms with Gasteiger partial charge in [0.1, 0.15) is 36.6 Å². The molecule has 51 heavy (non-hydrogen) atoms. The van der Waals surface area contributed by atoms with E-state index in [1.165, 1.54) is 35.4 Å². The summed E-state index contributed by atoms with van der Waals surface area (Å²) < 4.78 is 58.1. The van der Waals surface area contributed by atoms with Crippen molar-refractivity contribution in [2.75, 3.05) is 48.3 Å². The topological polar surface area (TPSA) is 234 Å². The van der Waals surface area contributed by atoms with Crippen LogP contribution in [0.5, 0.6) is 34.5 Å². The molecule has 284 valence electrons. The molecule has 0 aromatic heterocycles. The van der Waals surface area contributed by atoms with Gasteiger partial charge in [-0.05, 0) is 42.3 Å². The van der Waals surface area contributed by atoms with Crippen LogP contribution in [-0.4, -0.2) is 145 Å². The predicted octanol–water partition coefficient (Wildman–Crippen LogP) is -0.468. The lowest BCUT2D eigenvalue weighted by Crippen LogP contribution is -2.64. The Morgan fingerprint density at radius 3 is 1.65 bits per heavy atom. The first-order chi connectivity index (χ1) is 24.4. The van der Waals surface area contributed by atoms with Crippen molar-refractivity contribution in [1.29, 1.82) is 0 Å². The van der Waals surface area contributed by atoms with Gasteiger partial charge >= 0.3 is 0 Å². The fraction of sp³-hybridized carbons (Fsp3) is 0.647. The first-order valence-corrected chi connectivity index (χ1v) is 16.5. The molecule has 4 heterocycles. The summed E-state index contributed by atoms with van der Waals surface area (Å²) in [5.74, 6) is 0.658. The number of benzene rings is 2. The number of methoxy groups -OCH3 is 4. The van der Waals surface area contributed by atoms with Gasteiger partial charge in [-0.1, -0.05) is 0 Å². The quantitative estimate of drug-likeness (QED) is 0.155. The van der Waals surface area contributed by atoms with E-state index in [4.69, 9.17) is 47.4 Å². The van der Waals surface area contributed by atoms with E-state index >= 15 is 0 Å². The van der Waals surface area contributed by atoms with Gasteiger partial charge in [-0.2, -0.15) is 0 Å². The summed E-state index contributed by atoms with van der Waals surface area (Å²) in [5.41, 5.74) is 1.45. The zero-order valence-corrected chi connectivity index (χ0v) is 28.7. The number of aliphatic hydroxyl groups is 6. The number of aromatic hydroxyl groups is 1. The Morgan fingerprint density at radius 1 is 0.647 bits per heavy atom. The first-order valence-electron chi connectivity index (χ1n) is 16.5. The molecule has 4 aliphatic heterocycles. The maximum Gasteiger partial charge on any atom is 0.230 e. The maximum absolute atomic E-state index is 11.1. The van der Waals surface area contributed by atoms with E-state index in [1.807, 2.05) is 0 Å². The zero-order chi connectivity index (χ0) is 36.7. The molecule has 17 heteroatoms. The third-order valence-corrected chi connectivity index (χ3v) is 10.1. The number of rotatable bonds is 11. The van der Waals surface area contributed by atoms with Crippen LogP contribution in [0.3, 0.4) is 0 Å². The van der Waals surface area contributed by atoms with Crippen LogP contribution in [0.4, 0.5) is 0 Å². The first kappa shape index (κ1) is 37.6. The van der Waals surface area contributed by atoms with Crippen molar-refractivity contribution in [3.05, 3.63) is 35.4 Å². The van der Waals surface area contributed by atoms with E-state index in [1.54, 1.807) is 24.3 Å². The summed E-state index contributed by atoms with van der Waals surface area (Å²) >= 11 is 0. The highest BCUT2D eigenvalue weighted by molar-refractivity contribution is 5.55. The van der Waals surface area contributed by atoms with Crippen molar-refractivity contribution in [2.45, 2.75) is 80.5 Å². The highest BCUT2D eigenvalue weighted by Crippen LogP contribution is 2.53. The average molecular weight is 727 g/mol. The van der Waals surface area contributed by atoms with Gasteiger partial charge in [-0.3, -0.25) is 0 Å². The number of fused-ring (bicyclic) bond motifs is 1. The molecule has 7 N–H and O–H groups in total. The van der Waals surface area contributed by atoms with Gasteiger partial charge in [-0.15, -0.1) is 0 Å². The molecule has 0 unspecified atom stereocenters. The standard InChI is InChI=1S/C34H46O17/c1-13-23(36)26(39)28(41)33(48-13)51-32-27(40)25(38)22(10-35)49-34(32)50-31-20(44-4)8-15(9-21(31)45-5)30-17-12-46-29(16(17)11-47-30)14-6-18(42-2)24(37)19(7-14)43-3/h6-9,13,16-17,22-23,25-30,32-41H,10-12H2,1-5H3/t13-,16-,17-,22+,23-,25+,26+,27-,28+,29-,30+,32+,33-,34-/m0/s1. The van der Waals surface area contributed by atoms with E-state index in [0.717, 1.165) is 5.56 Å². The summed E-state index contributed by atoms with van der Waals surface area (Å²) in [6.07, 6.45) is -15.8. The minimum Gasteiger partial charge on any atom is -0.502 e. The summed E-state index contributed by atoms with van der Waals surface area (Å²) in [6, 6.07) is 6.83. The van der Waals surface area contributed by atoms with Gasteiger partial charge in [0.05, 0.1) is 66.6 Å². The molecule has 0 aliphatic carbocycles. The van der Waals surface area contributed by atoms with E-state index in [0.29, 0.717) is 18.8 Å². The molecule has 4 aliphatic rings. The molecule has 6 rings (SSSR count). The van der Waals surface area contributed by atoms with Gasteiger partial charge in [0.25, 0.3) is 0 Å². The largest absolute Gasteiger partial charge is 0.502 e. The van der Waals surface area contributed by atoms with Crippen molar-refractivity contribution < 1.29 is 83.1 Å². The second-order valence-corrected chi connectivity index (χ2v) is 13.0. The molecular weight excluding hydrogens is 680 g/mol. The Morgan fingerprint density at radius 2 is 1.16 bits per heavy atom. The summed E-state index contributed by atoms with van der Waals surface area (Å²) in [7, 11) is 5.73. The summed E-state index contributed by atoms with van der Waals surface area (Å²) in [4.78, 5) is 0. The smallest absolute Gasteiger partial charge is 0.230 e. The van der Waals surface area contributed by atoms with Crippen LogP contribution in [0.25, 0.3) is 0 Å². The molecule has 14 atom stereocenters. The van der Waals surface area contributed by atoms with Crippen LogP contribution in [-0.2, 0) is 23.7 Å². The van der Waals surface area contributed by atoms with Gasteiger partial charge in [0.15, 0.2) is 35.4 Å². The molecule has 4 fully saturated rings. The lowest BCUT2D eigenvalue weighted by molar-refractivity contribution is -0.354. The lowest BCUT2D eigenvalue weighted by atomic mass is 9.84. The zero-order valence-electron chi connectivity index (χ0n) is 28.7.